The normalized spacial score (nSPS) is 18.2. The molecule has 0 unspecified atom stereocenters. The molecule has 1 aromatic carbocycles. The van der Waals surface area contributed by atoms with Gasteiger partial charge in [0, 0.05) is 6.54 Å². The highest BCUT2D eigenvalue weighted by Crippen LogP contribution is 2.24. The van der Waals surface area contributed by atoms with E-state index in [1.54, 1.807) is 24.3 Å². The summed E-state index contributed by atoms with van der Waals surface area (Å²) in [5.74, 6) is -1.67. The van der Waals surface area contributed by atoms with E-state index in [1.165, 1.54) is 4.90 Å². The van der Waals surface area contributed by atoms with E-state index in [-0.39, 0.29) is 0 Å². The summed E-state index contributed by atoms with van der Waals surface area (Å²) in [6, 6.07) is 5.00. The van der Waals surface area contributed by atoms with Crippen molar-refractivity contribution in [1.82, 2.24) is 19.9 Å². The first-order chi connectivity index (χ1) is 12.5. The second-order valence-corrected chi connectivity index (χ2v) is 6.52. The van der Waals surface area contributed by atoms with Crippen LogP contribution in [0.1, 0.15) is 45.1 Å². The van der Waals surface area contributed by atoms with Crippen molar-refractivity contribution in [3.63, 3.8) is 0 Å². The molecule has 2 aromatic rings. The fourth-order valence-corrected chi connectivity index (χ4v) is 3.42. The minimum absolute atomic E-state index is 0.343. The summed E-state index contributed by atoms with van der Waals surface area (Å²) >= 11 is 0. The number of likely N-dealkylation sites (tertiary alicyclic amines) is 1. The van der Waals surface area contributed by atoms with Crippen LogP contribution in [0.25, 0.3) is 10.9 Å². The van der Waals surface area contributed by atoms with Gasteiger partial charge in [-0.25, -0.2) is 0 Å². The predicted octanol–water partition coefficient (Wildman–Crippen LogP) is 0.264. The van der Waals surface area contributed by atoms with Crippen LogP contribution in [0, 0.1) is 0 Å². The summed E-state index contributed by atoms with van der Waals surface area (Å²) in [6.45, 7) is 2.33. The molecule has 1 aliphatic heterocycles. The van der Waals surface area contributed by atoms with Gasteiger partial charge >= 0.3 is 0 Å². The van der Waals surface area contributed by atoms with Crippen molar-refractivity contribution in [3.05, 3.63) is 34.6 Å². The Morgan fingerprint density at radius 2 is 2.12 bits per heavy atom. The highest BCUT2D eigenvalue weighted by molar-refractivity contribution is 5.86. The number of fused-ring (bicyclic) bond motifs is 1. The molecule has 0 bridgehead atoms. The lowest BCUT2D eigenvalue weighted by Gasteiger charge is -2.29. The number of rotatable bonds is 6. The van der Waals surface area contributed by atoms with Crippen molar-refractivity contribution < 1.29 is 14.7 Å². The summed E-state index contributed by atoms with van der Waals surface area (Å²) in [4.78, 5) is 38.5. The molecule has 3 rings (SSSR count). The lowest BCUT2D eigenvalue weighted by atomic mass is 10.1. The first-order valence-electron chi connectivity index (χ1n) is 8.90. The Labute approximate surface area is 150 Å². The number of amides is 1. The van der Waals surface area contributed by atoms with Crippen LogP contribution in [-0.4, -0.2) is 44.4 Å². The third kappa shape index (κ3) is 3.31. The molecule has 0 spiro atoms. The van der Waals surface area contributed by atoms with Crippen molar-refractivity contribution in [1.29, 1.82) is 0 Å². The topological polar surface area (TPSA) is 108 Å². The molecule has 1 aliphatic rings. The number of benzene rings is 1. The van der Waals surface area contributed by atoms with E-state index in [9.17, 15) is 19.5 Å². The number of carboxylic acid groups (broad SMARTS) is 1. The van der Waals surface area contributed by atoms with E-state index in [4.69, 9.17) is 0 Å². The van der Waals surface area contributed by atoms with Gasteiger partial charge in [0.05, 0.1) is 17.4 Å². The third-order valence-electron chi connectivity index (χ3n) is 4.81. The average molecular weight is 357 g/mol. The van der Waals surface area contributed by atoms with E-state index < -0.39 is 29.5 Å². The molecule has 26 heavy (non-hydrogen) atoms. The van der Waals surface area contributed by atoms with Crippen LogP contribution in [-0.2, 0) is 9.59 Å². The summed E-state index contributed by atoms with van der Waals surface area (Å²) in [6.07, 6.45) is 2.92. The second-order valence-electron chi connectivity index (χ2n) is 6.52. The van der Waals surface area contributed by atoms with Crippen molar-refractivity contribution in [3.8, 4) is 0 Å². The maximum atomic E-state index is 13.1. The minimum atomic E-state index is -1.26. The molecule has 138 valence electrons. The minimum Gasteiger partial charge on any atom is -0.548 e. The van der Waals surface area contributed by atoms with E-state index in [0.29, 0.717) is 43.1 Å². The molecule has 0 radical (unpaired) electrons. The summed E-state index contributed by atoms with van der Waals surface area (Å²) in [7, 11) is 0. The van der Waals surface area contributed by atoms with Crippen LogP contribution < -0.4 is 10.7 Å². The van der Waals surface area contributed by atoms with Gasteiger partial charge in [-0.05, 0) is 31.4 Å². The Bertz CT molecular complexity index is 879. The monoisotopic (exact) mass is 357 g/mol. The maximum absolute atomic E-state index is 13.1. The van der Waals surface area contributed by atoms with Gasteiger partial charge in [0.1, 0.15) is 11.6 Å². The number of nitrogens with zero attached hydrogens (tertiary/aromatic N) is 4. The van der Waals surface area contributed by atoms with E-state index in [2.05, 4.69) is 10.3 Å². The fourth-order valence-electron chi connectivity index (χ4n) is 3.42. The molecule has 0 N–H and O–H groups in total. The van der Waals surface area contributed by atoms with Crippen molar-refractivity contribution in [2.24, 2.45) is 0 Å². The summed E-state index contributed by atoms with van der Waals surface area (Å²) in [5.41, 5.74) is 0.0680. The maximum Gasteiger partial charge on any atom is 0.278 e. The fraction of sp³-hybridized carbons (Fsp3) is 0.500. The number of carbonyl (C=O) groups is 2. The number of carboxylic acids is 1. The van der Waals surface area contributed by atoms with Crippen LogP contribution >= 0.6 is 0 Å². The molecule has 8 nitrogen and oxygen atoms in total. The highest BCUT2D eigenvalue weighted by Gasteiger charge is 2.35. The number of carbonyl (C=O) groups excluding carboxylic acids is 2. The SMILES string of the molecule is CCCC[C@@H](C(=O)N1CCC[C@@H]1C(=O)[O-])n1nnc2ccccc2c1=O. The van der Waals surface area contributed by atoms with Gasteiger partial charge in [-0.15, -0.1) is 5.10 Å². The summed E-state index contributed by atoms with van der Waals surface area (Å²) in [5, 5.41) is 19.7. The molecule has 1 amide bonds. The number of unbranched alkanes of at least 4 members (excludes halogenated alkanes) is 1. The number of hydrogen-bond donors (Lipinski definition) is 0. The van der Waals surface area contributed by atoms with Crippen LogP contribution in [0.2, 0.25) is 0 Å². The Morgan fingerprint density at radius 3 is 2.85 bits per heavy atom. The van der Waals surface area contributed by atoms with Crippen LogP contribution in [0.15, 0.2) is 29.1 Å². The zero-order valence-electron chi connectivity index (χ0n) is 14.6. The molecule has 0 saturated carbocycles. The van der Waals surface area contributed by atoms with Crippen LogP contribution in [0.4, 0.5) is 0 Å². The van der Waals surface area contributed by atoms with Crippen LogP contribution in [0.3, 0.4) is 0 Å². The largest absolute Gasteiger partial charge is 0.548 e. The number of aliphatic carboxylic acids is 1. The van der Waals surface area contributed by atoms with E-state index in [1.807, 2.05) is 6.92 Å². The van der Waals surface area contributed by atoms with Gasteiger partial charge in [-0.2, -0.15) is 4.68 Å². The molecule has 8 heteroatoms. The molecule has 1 saturated heterocycles. The van der Waals surface area contributed by atoms with Crippen molar-refractivity contribution in [2.45, 2.75) is 51.1 Å². The molecule has 2 heterocycles. The van der Waals surface area contributed by atoms with Gasteiger partial charge in [-0.1, -0.05) is 37.1 Å². The Balaban J connectivity index is 2.01. The molecule has 1 fully saturated rings. The zero-order valence-corrected chi connectivity index (χ0v) is 14.6. The van der Waals surface area contributed by atoms with Crippen molar-refractivity contribution in [2.75, 3.05) is 6.54 Å². The first kappa shape index (κ1) is 18.0. The van der Waals surface area contributed by atoms with Gasteiger partial charge in [-0.3, -0.25) is 9.59 Å². The average Bonchev–Trinajstić information content (AvgIpc) is 3.13. The van der Waals surface area contributed by atoms with Gasteiger partial charge < -0.3 is 14.8 Å². The lowest BCUT2D eigenvalue weighted by Crippen LogP contribution is -2.50. The molecule has 2 atom stereocenters. The van der Waals surface area contributed by atoms with Gasteiger partial charge in [0.15, 0.2) is 0 Å². The number of aromatic nitrogens is 3. The van der Waals surface area contributed by atoms with E-state index in [0.717, 1.165) is 11.1 Å². The Kier molecular flexibility index (Phi) is 5.29. The Hall–Kier alpha value is -2.77. The first-order valence-corrected chi connectivity index (χ1v) is 8.90. The molecule has 1 aromatic heterocycles. The standard InChI is InChI=1S/C18H22N4O4/c1-2-3-9-14(17(24)21-11-6-10-15(21)18(25)26)22-16(23)12-7-4-5-8-13(12)19-20-22/h4-5,7-8,14-15H,2-3,6,9-11H2,1H3,(H,25,26)/p-1/t14-,15+/m0/s1. The molecule has 0 aliphatic carbocycles. The van der Waals surface area contributed by atoms with Crippen molar-refractivity contribution >= 4 is 22.8 Å². The van der Waals surface area contributed by atoms with Crippen LogP contribution in [0.5, 0.6) is 0 Å². The third-order valence-corrected chi connectivity index (χ3v) is 4.81. The Morgan fingerprint density at radius 1 is 1.35 bits per heavy atom. The smallest absolute Gasteiger partial charge is 0.278 e. The molecular weight excluding hydrogens is 336 g/mol. The predicted molar refractivity (Wildman–Crippen MR) is 92.1 cm³/mol. The van der Waals surface area contributed by atoms with Gasteiger partial charge in [0.25, 0.3) is 5.56 Å². The highest BCUT2D eigenvalue weighted by atomic mass is 16.4. The number of hydrogen-bond acceptors (Lipinski definition) is 6. The molecular formula is C18H21N4O4-. The second kappa shape index (κ2) is 7.63. The quantitative estimate of drug-likeness (QED) is 0.734. The zero-order chi connectivity index (χ0) is 18.7. The lowest BCUT2D eigenvalue weighted by molar-refractivity contribution is -0.310. The summed E-state index contributed by atoms with van der Waals surface area (Å²) < 4.78 is 1.10. The van der Waals surface area contributed by atoms with E-state index >= 15 is 0 Å². The van der Waals surface area contributed by atoms with Gasteiger partial charge in [0.2, 0.25) is 5.91 Å².